The first-order valence-electron chi connectivity index (χ1n) is 8.79. The molecule has 0 saturated carbocycles. The van der Waals surface area contributed by atoms with Gasteiger partial charge in [0.25, 0.3) is 0 Å². The van der Waals surface area contributed by atoms with E-state index in [9.17, 15) is 0 Å². The highest BCUT2D eigenvalue weighted by molar-refractivity contribution is 14.1. The molecule has 25 heavy (non-hydrogen) atoms. The van der Waals surface area contributed by atoms with Gasteiger partial charge in [-0.25, -0.2) is 0 Å². The van der Waals surface area contributed by atoms with Crippen molar-refractivity contribution in [2.24, 2.45) is 0 Å². The van der Waals surface area contributed by atoms with Crippen LogP contribution in [0.25, 0.3) is 0 Å². The monoisotopic (exact) mass is 476 g/mol. The summed E-state index contributed by atoms with van der Waals surface area (Å²) in [5, 5.41) is 0.257. The van der Waals surface area contributed by atoms with Gasteiger partial charge in [-0.05, 0) is 42.2 Å². The van der Waals surface area contributed by atoms with E-state index >= 15 is 0 Å². The van der Waals surface area contributed by atoms with E-state index in [1.54, 1.807) is 7.11 Å². The van der Waals surface area contributed by atoms with Gasteiger partial charge in [-0.3, -0.25) is 0 Å². The molecule has 1 aromatic carbocycles. The highest BCUT2D eigenvalue weighted by Gasteiger charge is 2.36. The number of hydrogen-bond donors (Lipinski definition) is 0. The number of rotatable bonds is 10. The van der Waals surface area contributed by atoms with Gasteiger partial charge in [0.2, 0.25) is 0 Å². The van der Waals surface area contributed by atoms with Gasteiger partial charge in [0, 0.05) is 4.43 Å². The van der Waals surface area contributed by atoms with Crippen LogP contribution in [0.1, 0.15) is 32.8 Å². The predicted octanol–water partition coefficient (Wildman–Crippen LogP) is 5.98. The van der Waals surface area contributed by atoms with Crippen molar-refractivity contribution in [1.29, 1.82) is 0 Å². The molecule has 0 fully saturated rings. The highest BCUT2D eigenvalue weighted by atomic mass is 127. The molecule has 0 aliphatic carbocycles. The molecule has 0 amide bonds. The van der Waals surface area contributed by atoms with Crippen molar-refractivity contribution in [3.63, 3.8) is 0 Å². The molecule has 0 aromatic heterocycles. The van der Waals surface area contributed by atoms with Crippen LogP contribution >= 0.6 is 22.6 Å². The van der Waals surface area contributed by atoms with Gasteiger partial charge in [0.05, 0.1) is 26.4 Å². The maximum absolute atomic E-state index is 6.16. The smallest absolute Gasteiger partial charge is 0.192 e. The molecule has 1 rings (SSSR count). The number of hydrogen-bond acceptors (Lipinski definition) is 3. The normalized spacial score (nSPS) is 14.0. The van der Waals surface area contributed by atoms with Gasteiger partial charge < -0.3 is 13.9 Å². The Morgan fingerprint density at radius 1 is 1.12 bits per heavy atom. The van der Waals surface area contributed by atoms with Crippen LogP contribution in [0.5, 0.6) is 5.75 Å². The number of benzene rings is 1. The van der Waals surface area contributed by atoms with E-state index < -0.39 is 8.32 Å². The molecular weight excluding hydrogens is 443 g/mol. The summed E-state index contributed by atoms with van der Waals surface area (Å²) in [6.07, 6.45) is 5.47. The average Bonchev–Trinajstić information content (AvgIpc) is 2.56. The van der Waals surface area contributed by atoms with Crippen molar-refractivity contribution in [3.05, 3.63) is 42.0 Å². The zero-order valence-electron chi connectivity index (χ0n) is 16.5. The third kappa shape index (κ3) is 8.24. The predicted molar refractivity (Wildman–Crippen MR) is 117 cm³/mol. The fraction of sp³-hybridized carbons (Fsp3) is 0.600. The van der Waals surface area contributed by atoms with E-state index in [1.807, 2.05) is 24.3 Å². The Morgan fingerprint density at radius 2 is 1.76 bits per heavy atom. The topological polar surface area (TPSA) is 27.7 Å². The van der Waals surface area contributed by atoms with E-state index in [1.165, 1.54) is 5.56 Å². The molecule has 0 saturated heterocycles. The summed E-state index contributed by atoms with van der Waals surface area (Å²) >= 11 is 2.38. The summed E-state index contributed by atoms with van der Waals surface area (Å²) in [4.78, 5) is 0. The van der Waals surface area contributed by atoms with Crippen molar-refractivity contribution in [1.82, 2.24) is 0 Å². The lowest BCUT2D eigenvalue weighted by molar-refractivity contribution is 0.0602. The Morgan fingerprint density at radius 3 is 2.28 bits per heavy atom. The molecule has 0 bridgehead atoms. The lowest BCUT2D eigenvalue weighted by Crippen LogP contribution is -2.40. The van der Waals surface area contributed by atoms with Crippen LogP contribution in [0, 0.1) is 0 Å². The zero-order chi connectivity index (χ0) is 18.9. The minimum absolute atomic E-state index is 0.229. The first kappa shape index (κ1) is 22.7. The Balaban J connectivity index is 2.35. The molecule has 0 aliphatic rings. The zero-order valence-corrected chi connectivity index (χ0v) is 19.6. The van der Waals surface area contributed by atoms with E-state index in [0.717, 1.165) is 16.6 Å². The second-order valence-corrected chi connectivity index (χ2v) is 13.4. The lowest BCUT2D eigenvalue weighted by Gasteiger charge is -2.35. The van der Waals surface area contributed by atoms with Crippen molar-refractivity contribution < 1.29 is 13.9 Å². The van der Waals surface area contributed by atoms with Gasteiger partial charge in [0.1, 0.15) is 5.75 Å². The summed E-state index contributed by atoms with van der Waals surface area (Å²) in [5.41, 5.74) is 1.17. The second-order valence-electron chi connectivity index (χ2n) is 7.71. The molecule has 142 valence electrons. The Labute approximate surface area is 168 Å². The van der Waals surface area contributed by atoms with Crippen LogP contribution in [0.2, 0.25) is 18.1 Å². The Kier molecular flexibility index (Phi) is 9.70. The van der Waals surface area contributed by atoms with Crippen molar-refractivity contribution >= 4 is 30.9 Å². The molecule has 5 heteroatoms. The molecule has 1 atom stereocenters. The first-order chi connectivity index (χ1) is 11.7. The van der Waals surface area contributed by atoms with Crippen LogP contribution < -0.4 is 4.74 Å². The average molecular weight is 476 g/mol. The minimum Gasteiger partial charge on any atom is -0.497 e. The SMILES string of the molecule is COc1ccc(COC(CI)C/C=C/CO[Si](C)(C)C(C)(C)C)cc1. The van der Waals surface area contributed by atoms with Gasteiger partial charge >= 0.3 is 0 Å². The maximum atomic E-state index is 6.16. The van der Waals surface area contributed by atoms with Crippen LogP contribution in [-0.2, 0) is 15.8 Å². The van der Waals surface area contributed by atoms with Gasteiger partial charge in [-0.15, -0.1) is 0 Å². The molecule has 0 aliphatic heterocycles. The summed E-state index contributed by atoms with van der Waals surface area (Å²) in [6.45, 7) is 12.7. The summed E-state index contributed by atoms with van der Waals surface area (Å²) in [7, 11) is 0.0275. The molecule has 1 aromatic rings. The van der Waals surface area contributed by atoms with Gasteiger partial charge in [0.15, 0.2) is 8.32 Å². The molecule has 0 heterocycles. The van der Waals surface area contributed by atoms with Crippen LogP contribution in [0.3, 0.4) is 0 Å². The highest BCUT2D eigenvalue weighted by Crippen LogP contribution is 2.36. The summed E-state index contributed by atoms with van der Waals surface area (Å²) in [5.74, 6) is 0.874. The van der Waals surface area contributed by atoms with Crippen molar-refractivity contribution in [2.75, 3.05) is 18.1 Å². The number of ether oxygens (including phenoxy) is 2. The largest absolute Gasteiger partial charge is 0.497 e. The molecular formula is C20H33IO3Si. The molecule has 0 N–H and O–H groups in total. The van der Waals surface area contributed by atoms with Crippen LogP contribution in [-0.4, -0.2) is 32.6 Å². The van der Waals surface area contributed by atoms with E-state index in [2.05, 4.69) is 68.6 Å². The maximum Gasteiger partial charge on any atom is 0.192 e. The van der Waals surface area contributed by atoms with Gasteiger partial charge in [-0.2, -0.15) is 0 Å². The second kappa shape index (κ2) is 10.7. The first-order valence-corrected chi connectivity index (χ1v) is 13.2. The number of alkyl halides is 1. The lowest BCUT2D eigenvalue weighted by atomic mass is 10.2. The van der Waals surface area contributed by atoms with Crippen molar-refractivity contribution in [3.8, 4) is 5.75 Å². The van der Waals surface area contributed by atoms with E-state index in [-0.39, 0.29) is 11.1 Å². The Bertz CT molecular complexity index is 521. The van der Waals surface area contributed by atoms with E-state index in [4.69, 9.17) is 13.9 Å². The minimum atomic E-state index is -1.65. The standard InChI is InChI=1S/C20H33IO3Si/c1-20(2,3)25(5,6)24-14-8-7-9-19(15-21)23-16-17-10-12-18(22-4)13-11-17/h7-8,10-13,19H,9,14-16H2,1-6H3/b8-7+. The number of methoxy groups -OCH3 is 1. The summed E-state index contributed by atoms with van der Waals surface area (Å²) < 4.78 is 18.3. The fourth-order valence-electron chi connectivity index (χ4n) is 1.90. The molecule has 3 nitrogen and oxygen atoms in total. The van der Waals surface area contributed by atoms with Crippen LogP contribution in [0.15, 0.2) is 36.4 Å². The van der Waals surface area contributed by atoms with Crippen LogP contribution in [0.4, 0.5) is 0 Å². The van der Waals surface area contributed by atoms with E-state index in [0.29, 0.717) is 13.2 Å². The molecule has 0 spiro atoms. The van der Waals surface area contributed by atoms with Gasteiger partial charge in [-0.1, -0.05) is 67.6 Å². The number of halogens is 1. The fourth-order valence-corrected chi connectivity index (χ4v) is 3.46. The summed E-state index contributed by atoms with van der Waals surface area (Å²) in [6, 6.07) is 8.03. The Hall–Kier alpha value is -0.373. The quantitative estimate of drug-likeness (QED) is 0.180. The third-order valence-corrected chi connectivity index (χ3v) is 10.2. The van der Waals surface area contributed by atoms with Crippen molar-refractivity contribution in [2.45, 2.75) is 58.0 Å². The third-order valence-electron chi connectivity index (χ3n) is 4.73. The molecule has 1 unspecified atom stereocenters. The molecule has 0 radical (unpaired) electrons.